The Labute approximate surface area is 158 Å². The van der Waals surface area contributed by atoms with Crippen molar-refractivity contribution in [1.29, 1.82) is 0 Å². The maximum absolute atomic E-state index is 12.7. The topological polar surface area (TPSA) is 50.8 Å². The number of carbonyl (C=O) groups is 1. The van der Waals surface area contributed by atoms with Gasteiger partial charge in [0, 0.05) is 22.8 Å². The van der Waals surface area contributed by atoms with E-state index in [9.17, 15) is 4.79 Å². The number of hydrogen-bond donors (Lipinski definition) is 1. The second kappa shape index (κ2) is 8.36. The first-order chi connectivity index (χ1) is 12.6. The van der Waals surface area contributed by atoms with E-state index in [1.807, 2.05) is 23.9 Å². The van der Waals surface area contributed by atoms with Gasteiger partial charge in [-0.05, 0) is 30.7 Å². The maximum atomic E-state index is 12.7. The number of rotatable bonds is 6. The van der Waals surface area contributed by atoms with E-state index >= 15 is 0 Å². The van der Waals surface area contributed by atoms with E-state index in [2.05, 4.69) is 29.3 Å². The smallest absolute Gasteiger partial charge is 0.243 e. The van der Waals surface area contributed by atoms with Crippen LogP contribution in [0.1, 0.15) is 13.3 Å². The highest BCUT2D eigenvalue weighted by atomic mass is 32.2. The van der Waals surface area contributed by atoms with Gasteiger partial charge in [-0.3, -0.25) is 4.79 Å². The van der Waals surface area contributed by atoms with E-state index in [4.69, 9.17) is 9.47 Å². The standard InChI is InChI=1S/C20H24N2O3S/c1-4-15-12-22(17-7-5-6-8-19(17)26-15)13-20(23)21-16-10-9-14(24-2)11-18(16)25-3/h5-11,15H,4,12-13H2,1-3H3,(H,21,23)/t15-/m0/s1. The van der Waals surface area contributed by atoms with Crippen LogP contribution in [0.3, 0.4) is 0 Å². The summed E-state index contributed by atoms with van der Waals surface area (Å²) in [5.74, 6) is 1.20. The molecule has 0 aliphatic carbocycles. The van der Waals surface area contributed by atoms with Gasteiger partial charge in [0.25, 0.3) is 0 Å². The first-order valence-electron chi connectivity index (χ1n) is 8.67. The summed E-state index contributed by atoms with van der Waals surface area (Å²) in [4.78, 5) is 16.1. The first kappa shape index (κ1) is 18.5. The van der Waals surface area contributed by atoms with Gasteiger partial charge in [-0.1, -0.05) is 19.1 Å². The van der Waals surface area contributed by atoms with Crippen molar-refractivity contribution < 1.29 is 14.3 Å². The molecule has 5 nitrogen and oxygen atoms in total. The Morgan fingerprint density at radius 2 is 2.04 bits per heavy atom. The van der Waals surface area contributed by atoms with Gasteiger partial charge in [0.05, 0.1) is 32.1 Å². The Bertz CT molecular complexity index is 781. The van der Waals surface area contributed by atoms with Crippen molar-refractivity contribution in [3.05, 3.63) is 42.5 Å². The molecule has 0 aromatic heterocycles. The van der Waals surface area contributed by atoms with Crippen molar-refractivity contribution in [3.8, 4) is 11.5 Å². The highest BCUT2D eigenvalue weighted by Gasteiger charge is 2.25. The van der Waals surface area contributed by atoms with E-state index in [-0.39, 0.29) is 5.91 Å². The van der Waals surface area contributed by atoms with Crippen LogP contribution in [0.2, 0.25) is 0 Å². The minimum atomic E-state index is -0.0648. The minimum Gasteiger partial charge on any atom is -0.497 e. The molecule has 0 bridgehead atoms. The van der Waals surface area contributed by atoms with Gasteiger partial charge >= 0.3 is 0 Å². The second-order valence-corrected chi connectivity index (χ2v) is 7.45. The molecule has 1 N–H and O–H groups in total. The van der Waals surface area contributed by atoms with Crippen molar-refractivity contribution in [1.82, 2.24) is 0 Å². The number of ether oxygens (including phenoxy) is 2. The van der Waals surface area contributed by atoms with Gasteiger partial charge in [0.15, 0.2) is 0 Å². The largest absolute Gasteiger partial charge is 0.497 e. The summed E-state index contributed by atoms with van der Waals surface area (Å²) in [7, 11) is 3.18. The molecule has 2 aromatic rings. The van der Waals surface area contributed by atoms with Gasteiger partial charge in [0.2, 0.25) is 5.91 Å². The lowest BCUT2D eigenvalue weighted by Gasteiger charge is -2.34. The van der Waals surface area contributed by atoms with Crippen LogP contribution < -0.4 is 19.7 Å². The Morgan fingerprint density at radius 3 is 2.77 bits per heavy atom. The third-order valence-corrected chi connectivity index (χ3v) is 5.81. The number of nitrogens with one attached hydrogen (secondary N) is 1. The highest BCUT2D eigenvalue weighted by Crippen LogP contribution is 2.39. The van der Waals surface area contributed by atoms with E-state index in [0.717, 1.165) is 18.7 Å². The molecule has 0 spiro atoms. The lowest BCUT2D eigenvalue weighted by Crippen LogP contribution is -2.40. The lowest BCUT2D eigenvalue weighted by atomic mass is 10.2. The summed E-state index contributed by atoms with van der Waals surface area (Å²) < 4.78 is 10.6. The van der Waals surface area contributed by atoms with Crippen LogP contribution in [0, 0.1) is 0 Å². The van der Waals surface area contributed by atoms with Crippen molar-refractivity contribution in [3.63, 3.8) is 0 Å². The molecule has 1 atom stereocenters. The zero-order valence-electron chi connectivity index (χ0n) is 15.3. The predicted molar refractivity (Wildman–Crippen MR) is 107 cm³/mol. The number of nitrogens with zero attached hydrogens (tertiary/aromatic N) is 1. The SMILES string of the molecule is CC[C@H]1CN(CC(=O)Nc2ccc(OC)cc2OC)c2ccccc2S1. The number of fused-ring (bicyclic) bond motifs is 1. The van der Waals surface area contributed by atoms with E-state index < -0.39 is 0 Å². The summed E-state index contributed by atoms with van der Waals surface area (Å²) >= 11 is 1.89. The number of benzene rings is 2. The molecule has 1 heterocycles. The number of hydrogen-bond acceptors (Lipinski definition) is 5. The van der Waals surface area contributed by atoms with Crippen LogP contribution in [0.5, 0.6) is 11.5 Å². The van der Waals surface area contributed by atoms with Crippen LogP contribution in [-0.2, 0) is 4.79 Å². The molecule has 1 aliphatic heterocycles. The molecule has 26 heavy (non-hydrogen) atoms. The summed E-state index contributed by atoms with van der Waals surface area (Å²) in [5, 5.41) is 3.45. The van der Waals surface area contributed by atoms with Crippen LogP contribution in [-0.4, -0.2) is 38.5 Å². The Kier molecular flexibility index (Phi) is 5.93. The maximum Gasteiger partial charge on any atom is 0.243 e. The van der Waals surface area contributed by atoms with Crippen LogP contribution in [0.25, 0.3) is 0 Å². The Balaban J connectivity index is 1.74. The van der Waals surface area contributed by atoms with Crippen molar-refractivity contribution in [2.75, 3.05) is 37.5 Å². The number of anilines is 2. The molecule has 0 radical (unpaired) electrons. The summed E-state index contributed by atoms with van der Waals surface area (Å²) in [5.41, 5.74) is 1.77. The predicted octanol–water partition coefficient (Wildman–Crippen LogP) is 4.03. The number of para-hydroxylation sites is 1. The van der Waals surface area contributed by atoms with E-state index in [0.29, 0.717) is 29.0 Å². The molecular formula is C20H24N2O3S. The fourth-order valence-electron chi connectivity index (χ4n) is 3.01. The Hall–Kier alpha value is -2.34. The molecule has 1 aliphatic rings. The van der Waals surface area contributed by atoms with Crippen molar-refractivity contribution >= 4 is 29.0 Å². The monoisotopic (exact) mass is 372 g/mol. The zero-order valence-corrected chi connectivity index (χ0v) is 16.1. The summed E-state index contributed by atoms with van der Waals surface area (Å²) in [6, 6.07) is 13.6. The van der Waals surface area contributed by atoms with Gasteiger partial charge < -0.3 is 19.7 Å². The second-order valence-electron chi connectivity index (χ2n) is 6.11. The van der Waals surface area contributed by atoms with E-state index in [1.54, 1.807) is 32.4 Å². The number of carbonyl (C=O) groups excluding carboxylic acids is 1. The van der Waals surface area contributed by atoms with Gasteiger partial charge in [-0.25, -0.2) is 0 Å². The zero-order chi connectivity index (χ0) is 18.5. The molecule has 6 heteroatoms. The van der Waals surface area contributed by atoms with E-state index in [1.165, 1.54) is 4.90 Å². The average Bonchev–Trinajstić information content (AvgIpc) is 2.68. The van der Waals surface area contributed by atoms with Gasteiger partial charge in [0.1, 0.15) is 11.5 Å². The number of thioether (sulfide) groups is 1. The quantitative estimate of drug-likeness (QED) is 0.830. The average molecular weight is 372 g/mol. The summed E-state index contributed by atoms with van der Waals surface area (Å²) in [6.45, 7) is 3.36. The third kappa shape index (κ3) is 4.07. The molecule has 2 aromatic carbocycles. The fourth-order valence-corrected chi connectivity index (χ4v) is 4.26. The summed E-state index contributed by atoms with van der Waals surface area (Å²) in [6.07, 6.45) is 1.07. The van der Waals surface area contributed by atoms with Crippen molar-refractivity contribution in [2.24, 2.45) is 0 Å². The van der Waals surface area contributed by atoms with Crippen molar-refractivity contribution in [2.45, 2.75) is 23.5 Å². The fraction of sp³-hybridized carbons (Fsp3) is 0.350. The highest BCUT2D eigenvalue weighted by molar-refractivity contribution is 8.00. The molecule has 0 fully saturated rings. The Morgan fingerprint density at radius 1 is 1.23 bits per heavy atom. The number of methoxy groups -OCH3 is 2. The first-order valence-corrected chi connectivity index (χ1v) is 9.55. The molecule has 0 unspecified atom stereocenters. The normalized spacial score (nSPS) is 16.0. The molecule has 1 amide bonds. The molecule has 0 saturated heterocycles. The van der Waals surface area contributed by atoms with Crippen LogP contribution in [0.15, 0.2) is 47.4 Å². The molecule has 138 valence electrons. The third-order valence-electron chi connectivity index (χ3n) is 4.40. The minimum absolute atomic E-state index is 0.0648. The van der Waals surface area contributed by atoms with Gasteiger partial charge in [-0.2, -0.15) is 0 Å². The number of amides is 1. The van der Waals surface area contributed by atoms with Crippen LogP contribution in [0.4, 0.5) is 11.4 Å². The lowest BCUT2D eigenvalue weighted by molar-refractivity contribution is -0.115. The molecular weight excluding hydrogens is 348 g/mol. The van der Waals surface area contributed by atoms with Crippen LogP contribution >= 0.6 is 11.8 Å². The molecule has 3 rings (SSSR count). The van der Waals surface area contributed by atoms with Gasteiger partial charge in [-0.15, -0.1) is 11.8 Å². The molecule has 0 saturated carbocycles.